The van der Waals surface area contributed by atoms with Gasteiger partial charge in [-0.15, -0.1) is 0 Å². The number of anilines is 1. The average Bonchev–Trinajstić information content (AvgIpc) is 2.41. The summed E-state index contributed by atoms with van der Waals surface area (Å²) >= 11 is 0. The second kappa shape index (κ2) is 6.87. The minimum absolute atomic E-state index is 0.713. The van der Waals surface area contributed by atoms with Gasteiger partial charge in [0.1, 0.15) is 5.82 Å². The third kappa shape index (κ3) is 3.67. The second-order valence-corrected chi connectivity index (χ2v) is 5.40. The van der Waals surface area contributed by atoms with Crippen molar-refractivity contribution in [2.45, 2.75) is 26.3 Å². The van der Waals surface area contributed by atoms with E-state index in [1.165, 1.54) is 24.0 Å². The van der Waals surface area contributed by atoms with Gasteiger partial charge < -0.3 is 15.0 Å². The summed E-state index contributed by atoms with van der Waals surface area (Å²) in [6.07, 6.45) is 4.39. The Balaban J connectivity index is 1.99. The molecule has 0 spiro atoms. The van der Waals surface area contributed by atoms with Crippen molar-refractivity contribution in [3.8, 4) is 0 Å². The van der Waals surface area contributed by atoms with E-state index >= 15 is 0 Å². The predicted octanol–water partition coefficient (Wildman–Crippen LogP) is 1.97. The SMILES string of the molecule is CNCc1cnc(N2CCC(COC)CC2)c(C)c1. The third-order valence-electron chi connectivity index (χ3n) is 3.80. The molecule has 0 unspecified atom stereocenters. The normalized spacial score (nSPS) is 16.9. The minimum Gasteiger partial charge on any atom is -0.384 e. The minimum atomic E-state index is 0.713. The lowest BCUT2D eigenvalue weighted by atomic mass is 9.97. The van der Waals surface area contributed by atoms with Gasteiger partial charge in [0, 0.05) is 39.5 Å². The van der Waals surface area contributed by atoms with Crippen LogP contribution in [0, 0.1) is 12.8 Å². The van der Waals surface area contributed by atoms with Gasteiger partial charge in [-0.05, 0) is 49.9 Å². The highest BCUT2D eigenvalue weighted by molar-refractivity contribution is 5.47. The van der Waals surface area contributed by atoms with Gasteiger partial charge in [-0.1, -0.05) is 0 Å². The average molecular weight is 263 g/mol. The molecule has 0 radical (unpaired) electrons. The van der Waals surface area contributed by atoms with Crippen LogP contribution in [0.15, 0.2) is 12.3 Å². The Hall–Kier alpha value is -1.13. The van der Waals surface area contributed by atoms with Crippen LogP contribution in [0.4, 0.5) is 5.82 Å². The molecule has 2 rings (SSSR count). The molecular weight excluding hydrogens is 238 g/mol. The van der Waals surface area contributed by atoms with Gasteiger partial charge in [-0.2, -0.15) is 0 Å². The molecule has 1 aliphatic heterocycles. The molecule has 1 aromatic heterocycles. The first-order chi connectivity index (χ1) is 9.24. The number of ether oxygens (including phenoxy) is 1. The molecule has 2 heterocycles. The number of nitrogens with zero attached hydrogens (tertiary/aromatic N) is 2. The van der Waals surface area contributed by atoms with E-state index in [1.807, 2.05) is 13.2 Å². The zero-order valence-electron chi connectivity index (χ0n) is 12.3. The van der Waals surface area contributed by atoms with Crippen LogP contribution in [0.5, 0.6) is 0 Å². The number of rotatable bonds is 5. The van der Waals surface area contributed by atoms with Gasteiger partial charge in [0.05, 0.1) is 0 Å². The monoisotopic (exact) mass is 263 g/mol. The van der Waals surface area contributed by atoms with Crippen molar-refractivity contribution in [2.24, 2.45) is 5.92 Å². The molecule has 0 aromatic carbocycles. The molecule has 0 bridgehead atoms. The fourth-order valence-corrected chi connectivity index (χ4v) is 2.80. The van der Waals surface area contributed by atoms with Crippen LogP contribution >= 0.6 is 0 Å². The van der Waals surface area contributed by atoms with E-state index in [0.29, 0.717) is 5.92 Å². The Morgan fingerprint density at radius 2 is 2.16 bits per heavy atom. The van der Waals surface area contributed by atoms with Crippen molar-refractivity contribution in [1.82, 2.24) is 10.3 Å². The van der Waals surface area contributed by atoms with E-state index in [1.54, 1.807) is 7.11 Å². The lowest BCUT2D eigenvalue weighted by molar-refractivity contribution is 0.139. The Bertz CT molecular complexity index is 400. The molecule has 19 heavy (non-hydrogen) atoms. The van der Waals surface area contributed by atoms with Gasteiger partial charge in [0.2, 0.25) is 0 Å². The smallest absolute Gasteiger partial charge is 0.131 e. The molecule has 1 aromatic rings. The number of hydrogen-bond acceptors (Lipinski definition) is 4. The maximum Gasteiger partial charge on any atom is 0.131 e. The first-order valence-corrected chi connectivity index (χ1v) is 7.08. The summed E-state index contributed by atoms with van der Waals surface area (Å²) in [5, 5.41) is 3.16. The van der Waals surface area contributed by atoms with Gasteiger partial charge >= 0.3 is 0 Å². The van der Waals surface area contributed by atoms with Crippen LogP contribution in [0.2, 0.25) is 0 Å². The summed E-state index contributed by atoms with van der Waals surface area (Å²) in [5.41, 5.74) is 2.52. The largest absolute Gasteiger partial charge is 0.384 e. The highest BCUT2D eigenvalue weighted by Crippen LogP contribution is 2.24. The van der Waals surface area contributed by atoms with Crippen molar-refractivity contribution >= 4 is 5.82 Å². The highest BCUT2D eigenvalue weighted by Gasteiger charge is 2.21. The van der Waals surface area contributed by atoms with Gasteiger partial charge in [0.15, 0.2) is 0 Å². The molecule has 0 amide bonds. The number of nitrogens with one attached hydrogen (secondary N) is 1. The fourth-order valence-electron chi connectivity index (χ4n) is 2.80. The number of methoxy groups -OCH3 is 1. The van der Waals surface area contributed by atoms with E-state index in [-0.39, 0.29) is 0 Å². The van der Waals surface area contributed by atoms with Gasteiger partial charge in [-0.25, -0.2) is 4.98 Å². The van der Waals surface area contributed by atoms with Crippen LogP contribution in [-0.4, -0.2) is 38.8 Å². The molecule has 0 atom stereocenters. The first kappa shape index (κ1) is 14.3. The first-order valence-electron chi connectivity index (χ1n) is 7.08. The summed E-state index contributed by atoms with van der Waals surface area (Å²) in [6.45, 7) is 6.11. The number of aromatic nitrogens is 1. The fraction of sp³-hybridized carbons (Fsp3) is 0.667. The molecular formula is C15H25N3O. The Morgan fingerprint density at radius 3 is 2.74 bits per heavy atom. The van der Waals surface area contributed by atoms with Crippen molar-refractivity contribution in [3.05, 3.63) is 23.4 Å². The summed E-state index contributed by atoms with van der Waals surface area (Å²) in [7, 11) is 3.75. The van der Waals surface area contributed by atoms with E-state index < -0.39 is 0 Å². The van der Waals surface area contributed by atoms with E-state index in [2.05, 4.69) is 28.2 Å². The summed E-state index contributed by atoms with van der Waals surface area (Å²) < 4.78 is 5.25. The van der Waals surface area contributed by atoms with E-state index in [0.717, 1.165) is 32.1 Å². The van der Waals surface area contributed by atoms with Crippen molar-refractivity contribution in [1.29, 1.82) is 0 Å². The molecule has 4 heteroatoms. The van der Waals surface area contributed by atoms with E-state index in [9.17, 15) is 0 Å². The van der Waals surface area contributed by atoms with Crippen molar-refractivity contribution in [3.63, 3.8) is 0 Å². The number of piperidine rings is 1. The topological polar surface area (TPSA) is 37.4 Å². The lowest BCUT2D eigenvalue weighted by Crippen LogP contribution is -2.36. The molecule has 106 valence electrons. The zero-order chi connectivity index (χ0) is 13.7. The zero-order valence-corrected chi connectivity index (χ0v) is 12.3. The molecule has 0 saturated carbocycles. The molecule has 0 aliphatic carbocycles. The third-order valence-corrected chi connectivity index (χ3v) is 3.80. The molecule has 1 saturated heterocycles. The molecule has 1 aliphatic rings. The number of pyridine rings is 1. The van der Waals surface area contributed by atoms with E-state index in [4.69, 9.17) is 4.74 Å². The van der Waals surface area contributed by atoms with Crippen molar-refractivity contribution < 1.29 is 4.74 Å². The van der Waals surface area contributed by atoms with Crippen LogP contribution in [0.1, 0.15) is 24.0 Å². The van der Waals surface area contributed by atoms with Gasteiger partial charge in [-0.3, -0.25) is 0 Å². The van der Waals surface area contributed by atoms with Crippen LogP contribution in [0.3, 0.4) is 0 Å². The Labute approximate surface area is 116 Å². The second-order valence-electron chi connectivity index (χ2n) is 5.40. The van der Waals surface area contributed by atoms with Gasteiger partial charge in [0.25, 0.3) is 0 Å². The van der Waals surface area contributed by atoms with Crippen LogP contribution in [-0.2, 0) is 11.3 Å². The van der Waals surface area contributed by atoms with Crippen LogP contribution in [0.25, 0.3) is 0 Å². The Kier molecular flexibility index (Phi) is 5.16. The summed E-state index contributed by atoms with van der Waals surface area (Å²) in [5.74, 6) is 1.86. The predicted molar refractivity (Wildman–Crippen MR) is 78.6 cm³/mol. The molecule has 4 nitrogen and oxygen atoms in total. The summed E-state index contributed by atoms with van der Waals surface area (Å²) in [6, 6.07) is 2.24. The maximum absolute atomic E-state index is 5.25. The number of hydrogen-bond donors (Lipinski definition) is 1. The summed E-state index contributed by atoms with van der Waals surface area (Å²) in [4.78, 5) is 7.05. The number of aryl methyl sites for hydroxylation is 1. The highest BCUT2D eigenvalue weighted by atomic mass is 16.5. The standard InChI is InChI=1S/C15H25N3O/c1-12-8-14(9-16-2)10-17-15(12)18-6-4-13(5-7-18)11-19-3/h8,10,13,16H,4-7,9,11H2,1-3H3. The van der Waals surface area contributed by atoms with Crippen LogP contribution < -0.4 is 10.2 Å². The Morgan fingerprint density at radius 1 is 1.42 bits per heavy atom. The lowest BCUT2D eigenvalue weighted by Gasteiger charge is -2.33. The maximum atomic E-state index is 5.25. The quantitative estimate of drug-likeness (QED) is 0.881. The molecule has 1 fully saturated rings. The molecule has 1 N–H and O–H groups in total. The van der Waals surface area contributed by atoms with Crippen molar-refractivity contribution in [2.75, 3.05) is 38.8 Å².